The molecule has 2 aromatic rings. The van der Waals surface area contributed by atoms with E-state index in [1.54, 1.807) is 19.2 Å². The van der Waals surface area contributed by atoms with Crippen molar-refractivity contribution in [3.63, 3.8) is 0 Å². The number of rotatable bonds is 6. The van der Waals surface area contributed by atoms with Crippen LogP contribution in [0.4, 0.5) is 4.39 Å². The zero-order valence-corrected chi connectivity index (χ0v) is 18.9. The maximum absolute atomic E-state index is 13.4. The van der Waals surface area contributed by atoms with Crippen LogP contribution < -0.4 is 0 Å². The molecule has 3 heterocycles. The Morgan fingerprint density at radius 2 is 1.91 bits per heavy atom. The summed E-state index contributed by atoms with van der Waals surface area (Å²) < 4.78 is 13.4. The molecule has 7 heteroatoms. The van der Waals surface area contributed by atoms with Gasteiger partial charge in [-0.05, 0) is 69.6 Å². The summed E-state index contributed by atoms with van der Waals surface area (Å²) in [5, 5.41) is 0. The highest BCUT2D eigenvalue weighted by Gasteiger charge is 2.32. The standard InChI is InChI=1S/C25H31FN4O2/c1-17-15-19(10-11-21(17)26)7-5-9-23(31)30-14-6-8-22(30)24-27-16-20(18(2)28-24)25(32)29-12-3-4-13-29/h10-11,15-16,22H,3-9,12-14H2,1-2H3. The first-order chi connectivity index (χ1) is 15.4. The second-order valence-electron chi connectivity index (χ2n) is 8.91. The van der Waals surface area contributed by atoms with Crippen LogP contribution in [-0.2, 0) is 11.2 Å². The first-order valence-corrected chi connectivity index (χ1v) is 11.6. The normalized spacial score (nSPS) is 18.4. The fourth-order valence-electron chi connectivity index (χ4n) is 4.73. The zero-order chi connectivity index (χ0) is 22.7. The van der Waals surface area contributed by atoms with Crippen molar-refractivity contribution in [2.24, 2.45) is 0 Å². The quantitative estimate of drug-likeness (QED) is 0.679. The molecule has 32 heavy (non-hydrogen) atoms. The topological polar surface area (TPSA) is 66.4 Å². The minimum atomic E-state index is -0.201. The molecule has 1 unspecified atom stereocenters. The van der Waals surface area contributed by atoms with E-state index in [-0.39, 0.29) is 23.7 Å². The van der Waals surface area contributed by atoms with Crippen LogP contribution in [-0.4, -0.2) is 51.2 Å². The third-order valence-electron chi connectivity index (χ3n) is 6.57. The Labute approximate surface area is 188 Å². The lowest BCUT2D eigenvalue weighted by Gasteiger charge is -2.24. The van der Waals surface area contributed by atoms with E-state index in [0.717, 1.165) is 57.2 Å². The van der Waals surface area contributed by atoms with Gasteiger partial charge in [-0.2, -0.15) is 0 Å². The van der Waals surface area contributed by atoms with E-state index in [9.17, 15) is 14.0 Å². The molecule has 2 saturated heterocycles. The van der Waals surface area contributed by atoms with Gasteiger partial charge in [0.2, 0.25) is 5.91 Å². The first kappa shape index (κ1) is 22.4. The highest BCUT2D eigenvalue weighted by Crippen LogP contribution is 2.31. The lowest BCUT2D eigenvalue weighted by atomic mass is 10.0. The fourth-order valence-corrected chi connectivity index (χ4v) is 4.73. The molecule has 0 spiro atoms. The van der Waals surface area contributed by atoms with Gasteiger partial charge in [-0.3, -0.25) is 9.59 Å². The summed E-state index contributed by atoms with van der Waals surface area (Å²) in [5.74, 6) is 0.528. The molecule has 1 aromatic carbocycles. The van der Waals surface area contributed by atoms with Crippen molar-refractivity contribution in [2.45, 2.75) is 64.8 Å². The van der Waals surface area contributed by atoms with E-state index in [1.807, 2.05) is 22.8 Å². The number of halogens is 1. The Bertz CT molecular complexity index is 1000. The van der Waals surface area contributed by atoms with Crippen LogP contribution in [0.15, 0.2) is 24.4 Å². The fraction of sp³-hybridized carbons (Fsp3) is 0.520. The molecule has 0 aliphatic carbocycles. The van der Waals surface area contributed by atoms with E-state index >= 15 is 0 Å². The highest BCUT2D eigenvalue weighted by molar-refractivity contribution is 5.95. The molecular weight excluding hydrogens is 407 g/mol. The van der Waals surface area contributed by atoms with Crippen LogP contribution in [0.1, 0.15) is 77.6 Å². The molecular formula is C25H31FN4O2. The van der Waals surface area contributed by atoms with Gasteiger partial charge in [0.15, 0.2) is 5.82 Å². The number of nitrogens with zero attached hydrogens (tertiary/aromatic N) is 4. The van der Waals surface area contributed by atoms with Crippen molar-refractivity contribution in [2.75, 3.05) is 19.6 Å². The summed E-state index contributed by atoms with van der Waals surface area (Å²) in [6, 6.07) is 4.98. The van der Waals surface area contributed by atoms with Gasteiger partial charge in [0.25, 0.3) is 5.91 Å². The highest BCUT2D eigenvalue weighted by atomic mass is 19.1. The second kappa shape index (κ2) is 9.76. The van der Waals surface area contributed by atoms with Crippen LogP contribution in [0, 0.1) is 19.7 Å². The Hall–Kier alpha value is -2.83. The molecule has 2 aliphatic rings. The van der Waals surface area contributed by atoms with Crippen molar-refractivity contribution in [3.05, 3.63) is 58.4 Å². The zero-order valence-electron chi connectivity index (χ0n) is 18.9. The van der Waals surface area contributed by atoms with E-state index in [1.165, 1.54) is 6.07 Å². The monoisotopic (exact) mass is 438 g/mol. The molecule has 0 radical (unpaired) electrons. The van der Waals surface area contributed by atoms with Crippen molar-refractivity contribution < 1.29 is 14.0 Å². The average molecular weight is 439 g/mol. The minimum Gasteiger partial charge on any atom is -0.339 e. The summed E-state index contributed by atoms with van der Waals surface area (Å²) in [5.41, 5.74) is 2.92. The summed E-state index contributed by atoms with van der Waals surface area (Å²) in [4.78, 5) is 38.5. The van der Waals surface area contributed by atoms with E-state index < -0.39 is 0 Å². The number of likely N-dealkylation sites (tertiary alicyclic amines) is 2. The van der Waals surface area contributed by atoms with E-state index in [4.69, 9.17) is 0 Å². The van der Waals surface area contributed by atoms with Gasteiger partial charge >= 0.3 is 0 Å². The number of hydrogen-bond acceptors (Lipinski definition) is 4. The molecule has 0 bridgehead atoms. The number of aromatic nitrogens is 2. The molecule has 4 rings (SSSR count). The van der Waals surface area contributed by atoms with Crippen LogP contribution in [0.25, 0.3) is 0 Å². The molecule has 1 aromatic heterocycles. The Kier molecular flexibility index (Phi) is 6.82. The molecule has 0 saturated carbocycles. The Morgan fingerprint density at radius 3 is 2.62 bits per heavy atom. The molecule has 0 N–H and O–H groups in total. The van der Waals surface area contributed by atoms with Crippen LogP contribution >= 0.6 is 0 Å². The number of benzene rings is 1. The molecule has 2 fully saturated rings. The molecule has 6 nitrogen and oxygen atoms in total. The van der Waals surface area contributed by atoms with Gasteiger partial charge in [-0.25, -0.2) is 14.4 Å². The molecule has 170 valence electrons. The lowest BCUT2D eigenvalue weighted by molar-refractivity contribution is -0.132. The van der Waals surface area contributed by atoms with Crippen molar-refractivity contribution in [1.29, 1.82) is 0 Å². The predicted octanol–water partition coefficient (Wildman–Crippen LogP) is 4.15. The van der Waals surface area contributed by atoms with Crippen molar-refractivity contribution in [1.82, 2.24) is 19.8 Å². The van der Waals surface area contributed by atoms with E-state index in [2.05, 4.69) is 9.97 Å². The van der Waals surface area contributed by atoms with Gasteiger partial charge in [-0.1, -0.05) is 12.1 Å². The predicted molar refractivity (Wildman–Crippen MR) is 120 cm³/mol. The van der Waals surface area contributed by atoms with Gasteiger partial charge in [0.05, 0.1) is 17.3 Å². The lowest BCUT2D eigenvalue weighted by Crippen LogP contribution is -2.32. The van der Waals surface area contributed by atoms with Gasteiger partial charge in [0, 0.05) is 32.3 Å². The smallest absolute Gasteiger partial charge is 0.257 e. The van der Waals surface area contributed by atoms with E-state index in [0.29, 0.717) is 35.6 Å². The number of carbonyl (C=O) groups is 2. The SMILES string of the molecule is Cc1cc(CCCC(=O)N2CCCC2c2ncc(C(=O)N3CCCC3)c(C)n2)ccc1F. The van der Waals surface area contributed by atoms with Crippen LogP contribution in [0.5, 0.6) is 0 Å². The van der Waals surface area contributed by atoms with Gasteiger partial charge in [0.1, 0.15) is 5.82 Å². The molecule has 2 aliphatic heterocycles. The summed E-state index contributed by atoms with van der Waals surface area (Å²) >= 11 is 0. The van der Waals surface area contributed by atoms with Crippen molar-refractivity contribution in [3.8, 4) is 0 Å². The average Bonchev–Trinajstić information content (AvgIpc) is 3.48. The third-order valence-corrected chi connectivity index (χ3v) is 6.57. The van der Waals surface area contributed by atoms with Crippen LogP contribution in [0.3, 0.4) is 0 Å². The third kappa shape index (κ3) is 4.81. The number of hydrogen-bond donors (Lipinski definition) is 0. The Balaban J connectivity index is 1.38. The molecule has 2 amide bonds. The summed E-state index contributed by atoms with van der Waals surface area (Å²) in [6.45, 7) is 5.89. The molecule has 1 atom stereocenters. The first-order valence-electron chi connectivity index (χ1n) is 11.6. The minimum absolute atomic E-state index is 0.00179. The maximum Gasteiger partial charge on any atom is 0.257 e. The largest absolute Gasteiger partial charge is 0.339 e. The summed E-state index contributed by atoms with van der Waals surface area (Å²) in [7, 11) is 0. The van der Waals surface area contributed by atoms with Crippen molar-refractivity contribution >= 4 is 11.8 Å². The number of carbonyl (C=O) groups excluding carboxylic acids is 2. The number of amides is 2. The Morgan fingerprint density at radius 1 is 1.12 bits per heavy atom. The van der Waals surface area contributed by atoms with Gasteiger partial charge < -0.3 is 9.80 Å². The maximum atomic E-state index is 13.4. The van der Waals surface area contributed by atoms with Gasteiger partial charge in [-0.15, -0.1) is 0 Å². The number of aryl methyl sites for hydroxylation is 3. The second-order valence-corrected chi connectivity index (χ2v) is 8.91. The summed E-state index contributed by atoms with van der Waals surface area (Å²) in [6.07, 6.45) is 7.39. The van der Waals surface area contributed by atoms with Crippen LogP contribution in [0.2, 0.25) is 0 Å².